The lowest BCUT2D eigenvalue weighted by Crippen LogP contribution is -2.42. The fraction of sp³-hybridized carbons (Fsp3) is 0.500. The predicted octanol–water partition coefficient (Wildman–Crippen LogP) is 3.05. The number of rotatable bonds is 4. The van der Waals surface area contributed by atoms with Crippen LogP contribution in [0, 0.1) is 5.92 Å². The van der Waals surface area contributed by atoms with Gasteiger partial charge in [0, 0.05) is 43.1 Å². The molecule has 0 atom stereocenters. The number of aromatic nitrogens is 2. The zero-order chi connectivity index (χ0) is 16.2. The molecular weight excluding hydrogens is 290 g/mol. The van der Waals surface area contributed by atoms with Crippen molar-refractivity contribution in [2.45, 2.75) is 39.2 Å². The second-order valence-electron chi connectivity index (χ2n) is 6.53. The number of fused-ring (bicyclic) bond motifs is 1. The highest BCUT2D eigenvalue weighted by Gasteiger charge is 2.24. The number of hydrogen-bond donors (Lipinski definition) is 0. The number of carbonyl (C=O) groups is 1. The Kier molecular flexibility index (Phi) is 4.74. The van der Waals surface area contributed by atoms with E-state index in [1.807, 2.05) is 29.2 Å². The van der Waals surface area contributed by atoms with Crippen LogP contribution in [-0.4, -0.2) is 40.2 Å². The minimum Gasteiger partial charge on any atom is -0.473 e. The Morgan fingerprint density at radius 3 is 2.78 bits per heavy atom. The highest BCUT2D eigenvalue weighted by Crippen LogP contribution is 2.25. The van der Waals surface area contributed by atoms with Crippen LogP contribution in [0.2, 0.25) is 0 Å². The van der Waals surface area contributed by atoms with Gasteiger partial charge >= 0.3 is 0 Å². The Morgan fingerprint density at radius 2 is 2.04 bits per heavy atom. The topological polar surface area (TPSA) is 55.3 Å². The Hall–Kier alpha value is -2.17. The summed E-state index contributed by atoms with van der Waals surface area (Å²) in [6, 6.07) is 7.96. The summed E-state index contributed by atoms with van der Waals surface area (Å²) in [4.78, 5) is 14.1. The number of piperidine rings is 1. The molecule has 23 heavy (non-hydrogen) atoms. The SMILES string of the molecule is CC(C)CC(=O)N1CCC(Oc2nncc3ccccc23)CC1. The molecule has 122 valence electrons. The molecule has 0 unspecified atom stereocenters. The van der Waals surface area contributed by atoms with Gasteiger partial charge < -0.3 is 9.64 Å². The molecule has 2 heterocycles. The van der Waals surface area contributed by atoms with Gasteiger partial charge in [0.15, 0.2) is 0 Å². The van der Waals surface area contributed by atoms with Crippen molar-refractivity contribution in [1.82, 2.24) is 15.1 Å². The zero-order valence-corrected chi connectivity index (χ0v) is 13.7. The minimum atomic E-state index is 0.0956. The van der Waals surface area contributed by atoms with Crippen LogP contribution in [0.3, 0.4) is 0 Å². The molecule has 5 nitrogen and oxygen atoms in total. The molecule has 1 fully saturated rings. The van der Waals surface area contributed by atoms with Crippen molar-refractivity contribution in [1.29, 1.82) is 0 Å². The van der Waals surface area contributed by atoms with Gasteiger partial charge in [0.25, 0.3) is 0 Å². The number of ether oxygens (including phenoxy) is 1. The number of hydrogen-bond acceptors (Lipinski definition) is 4. The molecule has 1 aromatic heterocycles. The standard InChI is InChI=1S/C18H23N3O2/c1-13(2)11-17(22)21-9-7-15(8-10-21)23-18-16-6-4-3-5-14(16)12-19-20-18/h3-6,12-13,15H,7-11H2,1-2H3. The van der Waals surface area contributed by atoms with Gasteiger partial charge in [-0.15, -0.1) is 5.10 Å². The quantitative estimate of drug-likeness (QED) is 0.870. The summed E-state index contributed by atoms with van der Waals surface area (Å²) in [5, 5.41) is 10.2. The number of amides is 1. The van der Waals surface area contributed by atoms with Crippen LogP contribution in [0.25, 0.3) is 10.8 Å². The van der Waals surface area contributed by atoms with Crippen LogP contribution in [0.5, 0.6) is 5.88 Å². The first kappa shape index (κ1) is 15.7. The molecule has 0 N–H and O–H groups in total. The molecule has 5 heteroatoms. The largest absolute Gasteiger partial charge is 0.473 e. The van der Waals surface area contributed by atoms with Crippen molar-refractivity contribution in [2.75, 3.05) is 13.1 Å². The van der Waals surface area contributed by atoms with Crippen LogP contribution in [-0.2, 0) is 4.79 Å². The molecule has 3 rings (SSSR count). The van der Waals surface area contributed by atoms with Crippen molar-refractivity contribution in [3.05, 3.63) is 30.5 Å². The van der Waals surface area contributed by atoms with Crippen LogP contribution in [0.15, 0.2) is 30.5 Å². The maximum Gasteiger partial charge on any atom is 0.241 e. The van der Waals surface area contributed by atoms with Crippen molar-refractivity contribution < 1.29 is 9.53 Å². The molecule has 0 bridgehead atoms. The lowest BCUT2D eigenvalue weighted by molar-refractivity contribution is -0.133. The Bertz CT molecular complexity index is 674. The molecular formula is C18H23N3O2. The zero-order valence-electron chi connectivity index (χ0n) is 13.7. The van der Waals surface area contributed by atoms with Crippen molar-refractivity contribution in [2.24, 2.45) is 5.92 Å². The van der Waals surface area contributed by atoms with Gasteiger partial charge in [0.1, 0.15) is 6.10 Å². The maximum absolute atomic E-state index is 12.1. The van der Waals surface area contributed by atoms with E-state index in [0.29, 0.717) is 18.2 Å². The average Bonchev–Trinajstić information content (AvgIpc) is 2.55. The molecule has 0 aliphatic carbocycles. The third-order valence-electron chi connectivity index (χ3n) is 4.19. The summed E-state index contributed by atoms with van der Waals surface area (Å²) < 4.78 is 6.07. The lowest BCUT2D eigenvalue weighted by atomic mass is 10.0. The Labute approximate surface area is 136 Å². The van der Waals surface area contributed by atoms with E-state index < -0.39 is 0 Å². The van der Waals surface area contributed by atoms with Gasteiger partial charge in [-0.2, -0.15) is 5.10 Å². The van der Waals surface area contributed by atoms with E-state index in [-0.39, 0.29) is 12.0 Å². The van der Waals surface area contributed by atoms with Crippen LogP contribution in [0.4, 0.5) is 0 Å². The summed E-state index contributed by atoms with van der Waals surface area (Å²) in [6.45, 7) is 5.67. The lowest BCUT2D eigenvalue weighted by Gasteiger charge is -2.32. The van der Waals surface area contributed by atoms with Gasteiger partial charge in [-0.25, -0.2) is 0 Å². The summed E-state index contributed by atoms with van der Waals surface area (Å²) in [5.41, 5.74) is 0. The molecule has 1 aliphatic heterocycles. The summed E-state index contributed by atoms with van der Waals surface area (Å²) >= 11 is 0. The molecule has 1 aliphatic rings. The molecule has 1 saturated heterocycles. The Balaban J connectivity index is 1.61. The molecule has 0 radical (unpaired) electrons. The average molecular weight is 313 g/mol. The monoisotopic (exact) mass is 313 g/mol. The second-order valence-corrected chi connectivity index (χ2v) is 6.53. The number of benzene rings is 1. The number of likely N-dealkylation sites (tertiary alicyclic amines) is 1. The summed E-state index contributed by atoms with van der Waals surface area (Å²) in [5.74, 6) is 1.25. The van der Waals surface area contributed by atoms with Crippen molar-refractivity contribution in [3.63, 3.8) is 0 Å². The predicted molar refractivity (Wildman–Crippen MR) is 89.2 cm³/mol. The van der Waals surface area contributed by atoms with E-state index in [9.17, 15) is 4.79 Å². The van der Waals surface area contributed by atoms with E-state index in [2.05, 4.69) is 24.0 Å². The third kappa shape index (κ3) is 3.78. The fourth-order valence-corrected chi connectivity index (χ4v) is 2.95. The summed E-state index contributed by atoms with van der Waals surface area (Å²) in [6.07, 6.45) is 4.15. The Morgan fingerprint density at radius 1 is 1.30 bits per heavy atom. The minimum absolute atomic E-state index is 0.0956. The third-order valence-corrected chi connectivity index (χ3v) is 4.19. The van der Waals surface area contributed by atoms with E-state index in [0.717, 1.165) is 36.7 Å². The molecule has 1 amide bonds. The van der Waals surface area contributed by atoms with Crippen molar-refractivity contribution in [3.8, 4) is 5.88 Å². The smallest absolute Gasteiger partial charge is 0.241 e. The highest BCUT2D eigenvalue weighted by atomic mass is 16.5. The van der Waals surface area contributed by atoms with Gasteiger partial charge in [0.05, 0.1) is 6.20 Å². The second kappa shape index (κ2) is 6.94. The molecule has 1 aromatic carbocycles. The van der Waals surface area contributed by atoms with Gasteiger partial charge in [-0.1, -0.05) is 32.0 Å². The molecule has 2 aromatic rings. The summed E-state index contributed by atoms with van der Waals surface area (Å²) in [7, 11) is 0. The normalized spacial score (nSPS) is 16.0. The van der Waals surface area contributed by atoms with Crippen LogP contribution in [0.1, 0.15) is 33.1 Å². The molecule has 0 saturated carbocycles. The first-order valence-electron chi connectivity index (χ1n) is 8.28. The van der Waals surface area contributed by atoms with E-state index in [1.165, 1.54) is 0 Å². The number of nitrogens with zero attached hydrogens (tertiary/aromatic N) is 3. The first-order valence-corrected chi connectivity index (χ1v) is 8.28. The first-order chi connectivity index (χ1) is 11.1. The van der Waals surface area contributed by atoms with Crippen LogP contribution < -0.4 is 4.74 Å². The number of carbonyl (C=O) groups excluding carboxylic acids is 1. The van der Waals surface area contributed by atoms with Crippen molar-refractivity contribution >= 4 is 16.7 Å². The van der Waals surface area contributed by atoms with Gasteiger partial charge in [0.2, 0.25) is 11.8 Å². The molecule has 0 spiro atoms. The van der Waals surface area contributed by atoms with Crippen LogP contribution >= 0.6 is 0 Å². The van der Waals surface area contributed by atoms with Gasteiger partial charge in [-0.05, 0) is 12.0 Å². The van der Waals surface area contributed by atoms with E-state index in [1.54, 1.807) is 6.20 Å². The van der Waals surface area contributed by atoms with E-state index in [4.69, 9.17) is 4.74 Å². The maximum atomic E-state index is 12.1. The highest BCUT2D eigenvalue weighted by molar-refractivity contribution is 5.85. The fourth-order valence-electron chi connectivity index (χ4n) is 2.95. The van der Waals surface area contributed by atoms with E-state index >= 15 is 0 Å². The van der Waals surface area contributed by atoms with Gasteiger partial charge in [-0.3, -0.25) is 4.79 Å².